The summed E-state index contributed by atoms with van der Waals surface area (Å²) in [7, 11) is 1.90. The predicted octanol–water partition coefficient (Wildman–Crippen LogP) is 7.32. The van der Waals surface area contributed by atoms with E-state index >= 15 is 0 Å². The number of aromatic nitrogens is 4. The molecule has 3 heterocycles. The van der Waals surface area contributed by atoms with Gasteiger partial charge >= 0.3 is 0 Å². The molecule has 5 rings (SSSR count). The maximum atomic E-state index is 12.9. The zero-order valence-corrected chi connectivity index (χ0v) is 22.7. The summed E-state index contributed by atoms with van der Waals surface area (Å²) in [4.78, 5) is 22.7. The Morgan fingerprint density at radius 1 is 1.08 bits per heavy atom. The van der Waals surface area contributed by atoms with Crippen LogP contribution in [0.5, 0.6) is 0 Å². The molecule has 3 aromatic heterocycles. The molecule has 0 aliphatic carbocycles. The Morgan fingerprint density at radius 2 is 1.81 bits per heavy atom. The minimum absolute atomic E-state index is 0.0453. The Labute approximate surface area is 218 Å². The number of ether oxygens (including phenoxy) is 1. The quantitative estimate of drug-likeness (QED) is 0.244. The van der Waals surface area contributed by atoms with Gasteiger partial charge in [0, 0.05) is 23.2 Å². The highest BCUT2D eigenvalue weighted by molar-refractivity contribution is 7.22. The zero-order chi connectivity index (χ0) is 25.8. The van der Waals surface area contributed by atoms with Crippen LogP contribution in [0.1, 0.15) is 44.9 Å². The van der Waals surface area contributed by atoms with Gasteiger partial charge < -0.3 is 4.74 Å². The number of aryl methyl sites for hydroxylation is 2. The standard InChI is InChI=1S/C28H27ClN4O2S/c1-15-13-20-26(36-27(32-20)19-11-12-22-21(31-19)14-30-33(22)6)24(17-7-9-18(29)10-8-17)23(15)25(16(2)34)35-28(3,4)5/h7-14,25H,1-6H3/t25-/m1/s1. The van der Waals surface area contributed by atoms with Gasteiger partial charge in [-0.3, -0.25) is 9.48 Å². The van der Waals surface area contributed by atoms with Crippen molar-refractivity contribution in [1.82, 2.24) is 19.7 Å². The van der Waals surface area contributed by atoms with Gasteiger partial charge in [0.2, 0.25) is 0 Å². The molecular formula is C28H27ClN4O2S. The van der Waals surface area contributed by atoms with E-state index < -0.39 is 11.7 Å². The van der Waals surface area contributed by atoms with E-state index in [2.05, 4.69) is 5.10 Å². The molecule has 2 aromatic carbocycles. The van der Waals surface area contributed by atoms with Gasteiger partial charge in [-0.25, -0.2) is 9.97 Å². The second-order valence-electron chi connectivity index (χ2n) is 9.95. The molecule has 0 N–H and O–H groups in total. The lowest BCUT2D eigenvalue weighted by molar-refractivity contribution is -0.138. The molecule has 0 amide bonds. The van der Waals surface area contributed by atoms with Crippen molar-refractivity contribution in [3.05, 3.63) is 64.8 Å². The highest BCUT2D eigenvalue weighted by atomic mass is 35.5. The van der Waals surface area contributed by atoms with Gasteiger partial charge in [-0.1, -0.05) is 23.7 Å². The number of Topliss-reactive ketones (excluding diaryl/α,β-unsaturated/α-hetero) is 1. The van der Waals surface area contributed by atoms with E-state index in [0.29, 0.717) is 5.02 Å². The molecule has 0 fully saturated rings. The number of rotatable bonds is 5. The molecule has 0 radical (unpaired) electrons. The summed E-state index contributed by atoms with van der Waals surface area (Å²) in [5.41, 5.74) is 6.62. The van der Waals surface area contributed by atoms with Crippen LogP contribution in [0.4, 0.5) is 0 Å². The van der Waals surface area contributed by atoms with Gasteiger partial charge in [0.25, 0.3) is 0 Å². The Balaban J connectivity index is 1.78. The number of carbonyl (C=O) groups is 1. The molecular weight excluding hydrogens is 492 g/mol. The summed E-state index contributed by atoms with van der Waals surface area (Å²) in [6.45, 7) is 9.48. The Hall–Kier alpha value is -3.13. The molecule has 6 nitrogen and oxygen atoms in total. The Bertz CT molecular complexity index is 1610. The average molecular weight is 519 g/mol. The first-order valence-electron chi connectivity index (χ1n) is 11.7. The van der Waals surface area contributed by atoms with Crippen LogP contribution in [0.15, 0.2) is 48.7 Å². The fourth-order valence-electron chi connectivity index (χ4n) is 4.42. The second kappa shape index (κ2) is 9.07. The normalized spacial score (nSPS) is 13.0. The van der Waals surface area contributed by atoms with E-state index in [1.165, 1.54) is 0 Å². The lowest BCUT2D eigenvalue weighted by Gasteiger charge is -2.29. The average Bonchev–Trinajstić information content (AvgIpc) is 3.40. The second-order valence-corrected chi connectivity index (χ2v) is 11.4. The summed E-state index contributed by atoms with van der Waals surface area (Å²) in [6.07, 6.45) is 1.05. The molecule has 0 saturated heterocycles. The summed E-state index contributed by atoms with van der Waals surface area (Å²) >= 11 is 7.78. The number of hydrogen-bond donors (Lipinski definition) is 0. The molecule has 0 spiro atoms. The summed E-state index contributed by atoms with van der Waals surface area (Å²) in [6, 6.07) is 13.7. The fraction of sp³-hybridized carbons (Fsp3) is 0.286. The van der Waals surface area contributed by atoms with Gasteiger partial charge in [0.05, 0.1) is 33.2 Å². The number of hydrogen-bond acceptors (Lipinski definition) is 6. The summed E-state index contributed by atoms with van der Waals surface area (Å²) < 4.78 is 9.11. The summed E-state index contributed by atoms with van der Waals surface area (Å²) in [5, 5.41) is 5.76. The van der Waals surface area contributed by atoms with Gasteiger partial charge in [-0.15, -0.1) is 11.3 Å². The third-order valence-corrected chi connectivity index (χ3v) is 7.35. The number of nitrogens with zero attached hydrogens (tertiary/aromatic N) is 4. The maximum Gasteiger partial charge on any atom is 0.163 e. The van der Waals surface area contributed by atoms with Crippen LogP contribution in [0.25, 0.3) is 43.1 Å². The Morgan fingerprint density at radius 3 is 2.47 bits per heavy atom. The predicted molar refractivity (Wildman–Crippen MR) is 147 cm³/mol. The first-order chi connectivity index (χ1) is 17.0. The number of ketones is 1. The van der Waals surface area contributed by atoms with E-state index in [4.69, 9.17) is 26.3 Å². The lowest BCUT2D eigenvalue weighted by atomic mass is 9.90. The van der Waals surface area contributed by atoms with Crippen molar-refractivity contribution in [1.29, 1.82) is 0 Å². The van der Waals surface area contributed by atoms with Crippen molar-refractivity contribution in [3.63, 3.8) is 0 Å². The maximum absolute atomic E-state index is 12.9. The molecule has 0 saturated carbocycles. The molecule has 8 heteroatoms. The highest BCUT2D eigenvalue weighted by Crippen LogP contribution is 2.44. The number of benzene rings is 2. The van der Waals surface area contributed by atoms with Crippen LogP contribution < -0.4 is 0 Å². The van der Waals surface area contributed by atoms with E-state index in [1.807, 2.05) is 77.2 Å². The number of pyridine rings is 1. The zero-order valence-electron chi connectivity index (χ0n) is 21.1. The first kappa shape index (κ1) is 24.6. The monoisotopic (exact) mass is 518 g/mol. The van der Waals surface area contributed by atoms with Gasteiger partial charge in [0.15, 0.2) is 5.78 Å². The van der Waals surface area contributed by atoms with E-state index in [-0.39, 0.29) is 5.78 Å². The van der Waals surface area contributed by atoms with Crippen LogP contribution in [0.3, 0.4) is 0 Å². The number of thiazole rings is 1. The van der Waals surface area contributed by atoms with E-state index in [0.717, 1.165) is 54.2 Å². The van der Waals surface area contributed by atoms with Crippen molar-refractivity contribution in [2.24, 2.45) is 7.05 Å². The van der Waals surface area contributed by atoms with Crippen LogP contribution >= 0.6 is 22.9 Å². The molecule has 0 aliphatic heterocycles. The SMILES string of the molecule is CC(=O)[C@@H](OC(C)(C)C)c1c(C)cc2nc(-c3ccc4c(cnn4C)n3)sc2c1-c1ccc(Cl)cc1. The van der Waals surface area contributed by atoms with Gasteiger partial charge in [-0.05, 0) is 76.1 Å². The smallest absolute Gasteiger partial charge is 0.163 e. The molecule has 1 atom stereocenters. The highest BCUT2D eigenvalue weighted by Gasteiger charge is 2.30. The minimum atomic E-state index is -0.713. The van der Waals surface area contributed by atoms with Crippen molar-refractivity contribution in [2.75, 3.05) is 0 Å². The van der Waals surface area contributed by atoms with Crippen molar-refractivity contribution in [3.8, 4) is 21.8 Å². The molecule has 36 heavy (non-hydrogen) atoms. The van der Waals surface area contributed by atoms with E-state index in [1.54, 1.807) is 29.1 Å². The molecule has 0 bridgehead atoms. The van der Waals surface area contributed by atoms with Crippen molar-refractivity contribution >= 4 is 50.0 Å². The van der Waals surface area contributed by atoms with Gasteiger partial charge in [-0.2, -0.15) is 5.10 Å². The minimum Gasteiger partial charge on any atom is -0.360 e. The van der Waals surface area contributed by atoms with Crippen LogP contribution in [-0.2, 0) is 16.6 Å². The number of carbonyl (C=O) groups excluding carboxylic acids is 1. The molecule has 0 aliphatic rings. The van der Waals surface area contributed by atoms with Crippen molar-refractivity contribution in [2.45, 2.75) is 46.3 Å². The molecule has 0 unspecified atom stereocenters. The Kier molecular flexibility index (Phi) is 6.19. The van der Waals surface area contributed by atoms with Crippen molar-refractivity contribution < 1.29 is 9.53 Å². The van der Waals surface area contributed by atoms with Gasteiger partial charge in [0.1, 0.15) is 16.6 Å². The first-order valence-corrected chi connectivity index (χ1v) is 12.9. The lowest BCUT2D eigenvalue weighted by Crippen LogP contribution is -2.27. The van der Waals surface area contributed by atoms with Crippen LogP contribution in [-0.4, -0.2) is 31.1 Å². The third-order valence-electron chi connectivity index (χ3n) is 5.99. The topological polar surface area (TPSA) is 69.9 Å². The molecule has 5 aromatic rings. The van der Waals surface area contributed by atoms with Crippen LogP contribution in [0, 0.1) is 6.92 Å². The largest absolute Gasteiger partial charge is 0.360 e. The number of fused-ring (bicyclic) bond motifs is 2. The summed E-state index contributed by atoms with van der Waals surface area (Å²) in [5.74, 6) is -0.0453. The number of halogens is 1. The third kappa shape index (κ3) is 4.54. The molecule has 184 valence electrons. The fourth-order valence-corrected chi connectivity index (χ4v) is 5.64. The van der Waals surface area contributed by atoms with E-state index in [9.17, 15) is 4.79 Å². The van der Waals surface area contributed by atoms with Crippen LogP contribution in [0.2, 0.25) is 5.02 Å².